The Morgan fingerprint density at radius 1 is 0.540 bits per heavy atom. The molecule has 50 heavy (non-hydrogen) atoms. The third kappa shape index (κ3) is 17.2. The zero-order valence-corrected chi connectivity index (χ0v) is 38.9. The summed E-state index contributed by atoms with van der Waals surface area (Å²) in [6.07, 6.45) is -0.535. The van der Waals surface area contributed by atoms with E-state index in [1.165, 1.54) is 0 Å². The number of rotatable bonds is 10. The second kappa shape index (κ2) is 26.5. The zero-order valence-electron chi connectivity index (χ0n) is 30.9. The molecule has 0 aliphatic carbocycles. The Morgan fingerprint density at radius 2 is 0.840 bits per heavy atom. The van der Waals surface area contributed by atoms with Crippen LogP contribution in [-0.2, 0) is 47.1 Å². The standard InChI is InChI=1S/C29H42N4O.2C5H5.4ClH.2Zr/c1-17(2)30-27(31-18(3)4)21-13-11-15-23-25(21)34-26-22(14-12-16-24(26)29(23,9)10)28(32-19(5)6)33-20(7)8;2*1-2-4-5-3-1;;;;;;/h11-20,27-28H,1-10H3;2*1-5H;4*1H;;/q-4;-5;-1;;;;;2*+2/p-4. The second-order valence-corrected chi connectivity index (χ2v) is 20.4. The predicted molar refractivity (Wildman–Crippen MR) is 212 cm³/mol. The van der Waals surface area contributed by atoms with Crippen molar-refractivity contribution in [3.05, 3.63) is 141 Å². The quantitative estimate of drug-likeness (QED) is 0.146. The van der Waals surface area contributed by atoms with E-state index in [4.69, 9.17) is 60.1 Å². The largest absolute Gasteiger partial charge is 0.748 e. The summed E-state index contributed by atoms with van der Waals surface area (Å²) in [6, 6.07) is 33.5. The van der Waals surface area contributed by atoms with Crippen molar-refractivity contribution in [1.29, 1.82) is 0 Å². The van der Waals surface area contributed by atoms with Gasteiger partial charge in [0.25, 0.3) is 0 Å². The van der Waals surface area contributed by atoms with E-state index in [0.717, 1.165) is 33.8 Å². The Balaban J connectivity index is 0.000000639. The van der Waals surface area contributed by atoms with E-state index in [9.17, 15) is 0 Å². The van der Waals surface area contributed by atoms with E-state index in [1.54, 1.807) is 0 Å². The Kier molecular flexibility index (Phi) is 25.3. The molecule has 1 aliphatic heterocycles. The molecule has 280 valence electrons. The maximum Gasteiger partial charge on any atom is -0.172 e. The van der Waals surface area contributed by atoms with Crippen molar-refractivity contribution in [2.24, 2.45) is 0 Å². The molecule has 5 rings (SSSR count). The van der Waals surface area contributed by atoms with Gasteiger partial charge in [0.1, 0.15) is 11.5 Å². The van der Waals surface area contributed by atoms with Crippen molar-refractivity contribution in [2.75, 3.05) is 0 Å². The minimum atomic E-state index is -0.826. The van der Waals surface area contributed by atoms with E-state index in [-0.39, 0.29) is 41.9 Å². The molecule has 0 aromatic heterocycles. The molecule has 0 saturated carbocycles. The maximum atomic E-state index is 6.82. The van der Waals surface area contributed by atoms with E-state index in [2.05, 4.69) is 106 Å². The van der Waals surface area contributed by atoms with Gasteiger partial charge in [-0.25, -0.2) is 24.5 Å². The molecule has 0 bridgehead atoms. The Labute approximate surface area is 340 Å². The van der Waals surface area contributed by atoms with Crippen molar-refractivity contribution < 1.29 is 46.4 Å². The van der Waals surface area contributed by atoms with Gasteiger partial charge in [-0.15, -0.1) is 24.2 Å². The SMILES string of the molecule is CC(C)[N-]C([N-]C(C)C)c1cccc2c1Oc1c(C([N-]C(C)C)[N-]C(C)C)cccc1C2(C)C.[Cl][Zr][Cl].[Cl][Zr][Cl].[cH-]1[cH-][cH-][cH-][cH-]1.c1cc[cH-]c1. The van der Waals surface area contributed by atoms with E-state index in [0.29, 0.717) is 0 Å². The fourth-order valence-corrected chi connectivity index (χ4v) is 5.14. The molecule has 0 N–H and O–H groups in total. The molecule has 11 heteroatoms. The first-order valence-corrected chi connectivity index (χ1v) is 29.4. The molecule has 4 aromatic carbocycles. The van der Waals surface area contributed by atoms with E-state index < -0.39 is 41.7 Å². The average Bonchev–Trinajstić information content (AvgIpc) is 3.81. The fourth-order valence-electron chi connectivity index (χ4n) is 5.14. The van der Waals surface area contributed by atoms with Gasteiger partial charge in [0, 0.05) is 16.5 Å². The van der Waals surface area contributed by atoms with Gasteiger partial charge >= 0.3 is 75.7 Å². The summed E-state index contributed by atoms with van der Waals surface area (Å²) in [5.41, 5.74) is 4.12. The van der Waals surface area contributed by atoms with Crippen LogP contribution in [-0.4, -0.2) is 24.2 Å². The number of ether oxygens (including phenoxy) is 1. The zero-order chi connectivity index (χ0) is 37.7. The van der Waals surface area contributed by atoms with Crippen molar-refractivity contribution in [3.8, 4) is 11.5 Å². The van der Waals surface area contributed by atoms with Gasteiger partial charge in [-0.3, -0.25) is 0 Å². The Hall–Kier alpha value is -0.294. The summed E-state index contributed by atoms with van der Waals surface area (Å²) in [4.78, 5) is 0. The van der Waals surface area contributed by atoms with Crippen LogP contribution in [0.4, 0.5) is 0 Å². The third-order valence-corrected chi connectivity index (χ3v) is 7.07. The maximum absolute atomic E-state index is 6.82. The fraction of sp³-hybridized carbons (Fsp3) is 0.436. The number of fused-ring (bicyclic) bond motifs is 2. The van der Waals surface area contributed by atoms with Crippen molar-refractivity contribution in [2.45, 2.75) is 111 Å². The smallest absolute Gasteiger partial charge is 0.172 e. The van der Waals surface area contributed by atoms with Gasteiger partial charge in [-0.2, -0.15) is 18.2 Å². The molecule has 5 nitrogen and oxygen atoms in total. The van der Waals surface area contributed by atoms with Crippen LogP contribution in [0.15, 0.2) is 97.1 Å². The Morgan fingerprint density at radius 3 is 1.08 bits per heavy atom. The van der Waals surface area contributed by atoms with Gasteiger partial charge < -0.3 is 56.3 Å². The van der Waals surface area contributed by atoms with Crippen LogP contribution >= 0.6 is 34.1 Å². The molecule has 1 heterocycles. The first kappa shape index (κ1) is 47.7. The molecule has 0 radical (unpaired) electrons. The molecule has 0 atom stereocenters. The van der Waals surface area contributed by atoms with Crippen LogP contribution in [0.2, 0.25) is 0 Å². The summed E-state index contributed by atoms with van der Waals surface area (Å²) in [5, 5.41) is 19.8. The van der Waals surface area contributed by atoms with Gasteiger partial charge in [0.05, 0.1) is 0 Å². The third-order valence-electron chi connectivity index (χ3n) is 7.07. The number of hydrogen-bond donors (Lipinski definition) is 0. The number of hydrogen-bond acceptors (Lipinski definition) is 1. The summed E-state index contributed by atoms with van der Waals surface area (Å²) < 4.78 is 6.82. The molecule has 0 amide bonds. The summed E-state index contributed by atoms with van der Waals surface area (Å²) in [5.74, 6) is 1.75. The molecular formula is C39H52Cl4N4OZr2-10. The van der Waals surface area contributed by atoms with Gasteiger partial charge in [-0.1, -0.05) is 106 Å². The minimum absolute atomic E-state index is 0.168. The first-order chi connectivity index (χ1) is 23.7. The average molecular weight is 917 g/mol. The van der Waals surface area contributed by atoms with Gasteiger partial charge in [0.2, 0.25) is 0 Å². The topological polar surface area (TPSA) is 65.6 Å². The van der Waals surface area contributed by atoms with Crippen LogP contribution in [0, 0.1) is 0 Å². The summed E-state index contributed by atoms with van der Waals surface area (Å²) in [6.45, 7) is 21.3. The molecule has 0 unspecified atom stereocenters. The molecule has 0 fully saturated rings. The number of benzene rings is 2. The monoisotopic (exact) mass is 912 g/mol. The van der Waals surface area contributed by atoms with Gasteiger partial charge in [0.15, 0.2) is 0 Å². The van der Waals surface area contributed by atoms with Crippen LogP contribution in [0.25, 0.3) is 21.3 Å². The molecule has 0 saturated heterocycles. The molecule has 1 aliphatic rings. The van der Waals surface area contributed by atoms with Crippen molar-refractivity contribution in [1.82, 2.24) is 0 Å². The molecular weight excluding hydrogens is 865 g/mol. The van der Waals surface area contributed by atoms with E-state index >= 15 is 0 Å². The summed E-state index contributed by atoms with van der Waals surface area (Å²) in [7, 11) is 19.7. The number of halogens is 4. The minimum Gasteiger partial charge on any atom is -0.748 e. The van der Waals surface area contributed by atoms with Gasteiger partial charge in [-0.05, 0) is 11.1 Å². The normalized spacial score (nSPS) is 12.3. The van der Waals surface area contributed by atoms with Crippen molar-refractivity contribution >= 4 is 34.1 Å². The second-order valence-electron chi connectivity index (χ2n) is 13.0. The predicted octanol–water partition coefficient (Wildman–Crippen LogP) is 14.8. The molecule has 0 spiro atoms. The number of para-hydroxylation sites is 2. The van der Waals surface area contributed by atoms with Crippen LogP contribution in [0.5, 0.6) is 11.5 Å². The Bertz CT molecular complexity index is 1240. The number of nitrogens with zero attached hydrogens (tertiary/aromatic N) is 4. The first-order valence-electron chi connectivity index (χ1n) is 16.7. The van der Waals surface area contributed by atoms with Crippen molar-refractivity contribution in [3.63, 3.8) is 0 Å². The van der Waals surface area contributed by atoms with Crippen LogP contribution in [0.1, 0.15) is 104 Å². The van der Waals surface area contributed by atoms with Crippen LogP contribution in [0.3, 0.4) is 0 Å². The van der Waals surface area contributed by atoms with E-state index in [1.807, 2.05) is 60.7 Å². The van der Waals surface area contributed by atoms with Crippen LogP contribution < -0.4 is 4.74 Å². The summed E-state index contributed by atoms with van der Waals surface area (Å²) >= 11 is -1.65. The molecule has 4 aromatic rings.